The summed E-state index contributed by atoms with van der Waals surface area (Å²) in [6.07, 6.45) is 10.4. The van der Waals surface area contributed by atoms with E-state index in [1.54, 1.807) is 41.3 Å². The van der Waals surface area contributed by atoms with E-state index < -0.39 is 11.5 Å². The van der Waals surface area contributed by atoms with Gasteiger partial charge in [-0.25, -0.2) is 4.68 Å². The smallest absolute Gasteiger partial charge is 0.263 e. The molecule has 0 atom stereocenters. The first-order chi connectivity index (χ1) is 15.1. The predicted octanol–water partition coefficient (Wildman–Crippen LogP) is 2.74. The van der Waals surface area contributed by atoms with Gasteiger partial charge in [0.2, 0.25) is 5.91 Å². The van der Waals surface area contributed by atoms with Gasteiger partial charge in [-0.1, -0.05) is 25.3 Å². The van der Waals surface area contributed by atoms with Crippen LogP contribution >= 0.6 is 0 Å². The van der Waals surface area contributed by atoms with E-state index in [-0.39, 0.29) is 24.1 Å². The molecule has 2 heterocycles. The van der Waals surface area contributed by atoms with Crippen molar-refractivity contribution < 1.29 is 9.59 Å². The van der Waals surface area contributed by atoms with Gasteiger partial charge >= 0.3 is 0 Å². The van der Waals surface area contributed by atoms with E-state index in [4.69, 9.17) is 0 Å². The molecule has 1 saturated carbocycles. The van der Waals surface area contributed by atoms with Crippen LogP contribution in [0.5, 0.6) is 0 Å². The summed E-state index contributed by atoms with van der Waals surface area (Å²) in [5.74, 6) is -0.733. The molecule has 8 heteroatoms. The number of hydrogen-bond donors (Lipinski definition) is 2. The Labute approximate surface area is 179 Å². The molecule has 1 fully saturated rings. The van der Waals surface area contributed by atoms with Crippen LogP contribution in [0.25, 0.3) is 5.69 Å². The minimum Gasteiger partial charge on any atom is -0.352 e. The Bertz CT molecular complexity index is 1110. The molecule has 0 spiro atoms. The normalized spacial score (nSPS) is 14.2. The van der Waals surface area contributed by atoms with Crippen LogP contribution in [0.15, 0.2) is 65.8 Å². The van der Waals surface area contributed by atoms with Crippen molar-refractivity contribution in [3.8, 4) is 5.69 Å². The number of carbonyl (C=O) groups excluding carboxylic acids is 2. The van der Waals surface area contributed by atoms with E-state index in [2.05, 4.69) is 15.7 Å². The molecular formula is C23H25N5O3. The first-order valence-corrected chi connectivity index (χ1v) is 10.5. The highest BCUT2D eigenvalue weighted by atomic mass is 16.2. The van der Waals surface area contributed by atoms with Crippen LogP contribution < -0.4 is 16.2 Å². The molecule has 0 bridgehead atoms. The summed E-state index contributed by atoms with van der Waals surface area (Å²) in [4.78, 5) is 37.9. The maximum absolute atomic E-state index is 12.8. The summed E-state index contributed by atoms with van der Waals surface area (Å²) in [6.45, 7) is -0.106. The Morgan fingerprint density at radius 1 is 1.03 bits per heavy atom. The zero-order valence-electron chi connectivity index (χ0n) is 17.2. The Morgan fingerprint density at radius 2 is 1.87 bits per heavy atom. The number of amides is 2. The topological polar surface area (TPSA) is 98.0 Å². The Morgan fingerprint density at radius 3 is 2.65 bits per heavy atom. The van der Waals surface area contributed by atoms with Gasteiger partial charge in [-0.15, -0.1) is 0 Å². The molecule has 1 aliphatic rings. The van der Waals surface area contributed by atoms with E-state index in [9.17, 15) is 14.4 Å². The Kier molecular flexibility index (Phi) is 6.26. The summed E-state index contributed by atoms with van der Waals surface area (Å²) >= 11 is 0. The zero-order chi connectivity index (χ0) is 21.6. The lowest BCUT2D eigenvalue weighted by Crippen LogP contribution is -2.40. The van der Waals surface area contributed by atoms with E-state index in [1.807, 2.05) is 12.1 Å². The minimum atomic E-state index is -0.523. The van der Waals surface area contributed by atoms with Crippen molar-refractivity contribution in [2.75, 3.05) is 5.32 Å². The van der Waals surface area contributed by atoms with Crippen LogP contribution in [0, 0.1) is 0 Å². The lowest BCUT2D eigenvalue weighted by molar-refractivity contribution is -0.122. The van der Waals surface area contributed by atoms with E-state index in [1.165, 1.54) is 23.3 Å². The molecule has 3 aromatic rings. The van der Waals surface area contributed by atoms with Gasteiger partial charge in [0, 0.05) is 30.3 Å². The number of anilines is 1. The van der Waals surface area contributed by atoms with Crippen LogP contribution in [0.4, 0.5) is 5.69 Å². The van der Waals surface area contributed by atoms with Crippen molar-refractivity contribution in [1.82, 2.24) is 19.7 Å². The number of carbonyl (C=O) groups is 2. The third-order valence-electron chi connectivity index (χ3n) is 5.42. The van der Waals surface area contributed by atoms with Crippen LogP contribution in [-0.4, -0.2) is 32.2 Å². The van der Waals surface area contributed by atoms with Gasteiger partial charge < -0.3 is 15.2 Å². The molecule has 1 aliphatic carbocycles. The van der Waals surface area contributed by atoms with Gasteiger partial charge in [-0.3, -0.25) is 14.4 Å². The van der Waals surface area contributed by atoms with Crippen molar-refractivity contribution in [3.05, 3.63) is 77.0 Å². The largest absolute Gasteiger partial charge is 0.352 e. The Hall–Kier alpha value is -3.68. The summed E-state index contributed by atoms with van der Waals surface area (Å²) in [5.41, 5.74) is 0.815. The lowest BCUT2D eigenvalue weighted by Gasteiger charge is -2.22. The van der Waals surface area contributed by atoms with Gasteiger partial charge in [-0.05, 0) is 49.2 Å². The van der Waals surface area contributed by atoms with Crippen LogP contribution in [0.3, 0.4) is 0 Å². The zero-order valence-corrected chi connectivity index (χ0v) is 17.2. The van der Waals surface area contributed by atoms with Crippen LogP contribution in [0.2, 0.25) is 0 Å². The third kappa shape index (κ3) is 5.09. The number of benzene rings is 1. The average molecular weight is 419 g/mol. The standard InChI is InChI=1S/C23H25N5O3/c29-21(25-17-7-2-1-3-8-17)16-27-13-5-11-20(23(27)31)22(30)26-18-9-4-10-19(15-18)28-14-6-12-24-28/h4-6,9-15,17H,1-3,7-8,16H2,(H,25,29)(H,26,30). The highest BCUT2D eigenvalue weighted by molar-refractivity contribution is 6.04. The lowest BCUT2D eigenvalue weighted by atomic mass is 9.95. The van der Waals surface area contributed by atoms with Crippen molar-refractivity contribution in [3.63, 3.8) is 0 Å². The van der Waals surface area contributed by atoms with Crippen molar-refractivity contribution in [1.29, 1.82) is 0 Å². The number of hydrogen-bond acceptors (Lipinski definition) is 4. The minimum absolute atomic E-state index is 0.0162. The average Bonchev–Trinajstić information content (AvgIpc) is 3.31. The number of nitrogens with one attached hydrogen (secondary N) is 2. The van der Waals surface area contributed by atoms with Gasteiger partial charge in [0.25, 0.3) is 11.5 Å². The monoisotopic (exact) mass is 419 g/mol. The molecular weight excluding hydrogens is 394 g/mol. The molecule has 8 nitrogen and oxygen atoms in total. The fourth-order valence-corrected chi connectivity index (χ4v) is 3.86. The molecule has 2 N–H and O–H groups in total. The number of aromatic nitrogens is 3. The SMILES string of the molecule is O=C(Cn1cccc(C(=O)Nc2cccc(-n3cccn3)c2)c1=O)NC1CCCCC1. The first kappa shape index (κ1) is 20.6. The molecule has 160 valence electrons. The molecule has 0 radical (unpaired) electrons. The number of pyridine rings is 1. The summed E-state index contributed by atoms with van der Waals surface area (Å²) in [7, 11) is 0. The fraction of sp³-hybridized carbons (Fsp3) is 0.304. The highest BCUT2D eigenvalue weighted by Gasteiger charge is 2.18. The Balaban J connectivity index is 1.45. The van der Waals surface area contributed by atoms with Crippen molar-refractivity contribution in [2.45, 2.75) is 44.7 Å². The second-order valence-electron chi connectivity index (χ2n) is 7.71. The highest BCUT2D eigenvalue weighted by Crippen LogP contribution is 2.17. The predicted molar refractivity (Wildman–Crippen MR) is 117 cm³/mol. The maximum Gasteiger partial charge on any atom is 0.263 e. The number of nitrogens with zero attached hydrogens (tertiary/aromatic N) is 3. The van der Waals surface area contributed by atoms with Gasteiger partial charge in [0.05, 0.1) is 5.69 Å². The molecule has 0 saturated heterocycles. The van der Waals surface area contributed by atoms with Gasteiger partial charge in [0.1, 0.15) is 12.1 Å². The second kappa shape index (κ2) is 9.42. The van der Waals surface area contributed by atoms with E-state index in [0.717, 1.165) is 31.4 Å². The third-order valence-corrected chi connectivity index (χ3v) is 5.42. The van der Waals surface area contributed by atoms with E-state index in [0.29, 0.717) is 5.69 Å². The first-order valence-electron chi connectivity index (χ1n) is 10.5. The van der Waals surface area contributed by atoms with Gasteiger partial charge in [-0.2, -0.15) is 5.10 Å². The molecule has 0 unspecified atom stereocenters. The molecule has 2 aromatic heterocycles. The molecule has 0 aliphatic heterocycles. The summed E-state index contributed by atoms with van der Waals surface area (Å²) in [6, 6.07) is 12.2. The molecule has 2 amide bonds. The van der Waals surface area contributed by atoms with Gasteiger partial charge in [0.15, 0.2) is 0 Å². The molecule has 1 aromatic carbocycles. The van der Waals surface area contributed by atoms with Crippen LogP contribution in [0.1, 0.15) is 42.5 Å². The molecule has 31 heavy (non-hydrogen) atoms. The van der Waals surface area contributed by atoms with Crippen molar-refractivity contribution >= 4 is 17.5 Å². The molecule has 4 rings (SSSR count). The quantitative estimate of drug-likeness (QED) is 0.642. The van der Waals surface area contributed by atoms with Crippen molar-refractivity contribution in [2.24, 2.45) is 0 Å². The van der Waals surface area contributed by atoms with Crippen LogP contribution in [-0.2, 0) is 11.3 Å². The summed E-state index contributed by atoms with van der Waals surface area (Å²) < 4.78 is 2.95. The number of rotatable bonds is 6. The maximum atomic E-state index is 12.8. The second-order valence-corrected chi connectivity index (χ2v) is 7.71. The summed E-state index contributed by atoms with van der Waals surface area (Å²) in [5, 5.41) is 9.92. The van der Waals surface area contributed by atoms with E-state index >= 15 is 0 Å². The fourth-order valence-electron chi connectivity index (χ4n) is 3.86.